The van der Waals surface area contributed by atoms with Gasteiger partial charge >= 0.3 is 5.97 Å². The standard InChI is InChI=1S/C12H16N2O4/c13-9(6-8-4-2-1-3-5-8)11(16)14-10(7-15)12(17)18/h1-5,9-10,15H,6-7,13H2,(H,14,16)(H,17,18). The molecule has 2 atom stereocenters. The summed E-state index contributed by atoms with van der Waals surface area (Å²) >= 11 is 0. The number of nitrogens with one attached hydrogen (secondary N) is 1. The van der Waals surface area contributed by atoms with Crippen molar-refractivity contribution in [3.8, 4) is 0 Å². The lowest BCUT2D eigenvalue weighted by Crippen LogP contribution is -2.50. The zero-order valence-corrected chi connectivity index (χ0v) is 9.74. The van der Waals surface area contributed by atoms with Gasteiger partial charge in [0.2, 0.25) is 5.91 Å². The van der Waals surface area contributed by atoms with E-state index in [0.29, 0.717) is 6.42 Å². The monoisotopic (exact) mass is 252 g/mol. The number of aliphatic hydroxyl groups excluding tert-OH is 1. The number of carbonyl (C=O) groups excluding carboxylic acids is 1. The van der Waals surface area contributed by atoms with Crippen molar-refractivity contribution < 1.29 is 19.8 Å². The summed E-state index contributed by atoms with van der Waals surface area (Å²) in [5, 5.41) is 19.6. The third kappa shape index (κ3) is 4.15. The maximum absolute atomic E-state index is 11.6. The number of carbonyl (C=O) groups is 2. The first-order valence-corrected chi connectivity index (χ1v) is 5.48. The molecule has 0 aliphatic carbocycles. The van der Waals surface area contributed by atoms with Crippen molar-refractivity contribution in [1.29, 1.82) is 0 Å². The van der Waals surface area contributed by atoms with E-state index in [-0.39, 0.29) is 0 Å². The molecule has 0 bridgehead atoms. The Morgan fingerprint density at radius 3 is 2.39 bits per heavy atom. The molecule has 98 valence electrons. The van der Waals surface area contributed by atoms with Crippen LogP contribution in [0.15, 0.2) is 30.3 Å². The molecule has 5 N–H and O–H groups in total. The van der Waals surface area contributed by atoms with Gasteiger partial charge < -0.3 is 21.3 Å². The molecule has 2 unspecified atom stereocenters. The molecule has 0 heterocycles. The Hall–Kier alpha value is -1.92. The highest BCUT2D eigenvalue weighted by Crippen LogP contribution is 2.02. The van der Waals surface area contributed by atoms with Crippen molar-refractivity contribution in [2.24, 2.45) is 5.73 Å². The van der Waals surface area contributed by atoms with Gasteiger partial charge in [0, 0.05) is 0 Å². The van der Waals surface area contributed by atoms with Gasteiger partial charge in [-0.1, -0.05) is 30.3 Å². The molecule has 0 radical (unpaired) electrons. The number of rotatable bonds is 6. The fraction of sp³-hybridized carbons (Fsp3) is 0.333. The Labute approximate surface area is 104 Å². The molecule has 0 aliphatic heterocycles. The van der Waals surface area contributed by atoms with E-state index < -0.39 is 30.6 Å². The molecular formula is C12H16N2O4. The van der Waals surface area contributed by atoms with E-state index in [1.54, 1.807) is 0 Å². The second-order valence-electron chi connectivity index (χ2n) is 3.88. The topological polar surface area (TPSA) is 113 Å². The highest BCUT2D eigenvalue weighted by atomic mass is 16.4. The van der Waals surface area contributed by atoms with Crippen LogP contribution in [0.5, 0.6) is 0 Å². The highest BCUT2D eigenvalue weighted by molar-refractivity contribution is 5.87. The van der Waals surface area contributed by atoms with E-state index in [1.165, 1.54) is 0 Å². The number of aliphatic hydroxyl groups is 1. The van der Waals surface area contributed by atoms with Crippen molar-refractivity contribution >= 4 is 11.9 Å². The highest BCUT2D eigenvalue weighted by Gasteiger charge is 2.22. The normalized spacial score (nSPS) is 13.7. The van der Waals surface area contributed by atoms with E-state index in [4.69, 9.17) is 15.9 Å². The van der Waals surface area contributed by atoms with E-state index in [2.05, 4.69) is 5.32 Å². The SMILES string of the molecule is NC(Cc1ccccc1)C(=O)NC(CO)C(=O)O. The van der Waals surface area contributed by atoms with Crippen LogP contribution in [0, 0.1) is 0 Å². The van der Waals surface area contributed by atoms with Gasteiger partial charge in [-0.15, -0.1) is 0 Å². The quantitative estimate of drug-likeness (QED) is 0.525. The molecule has 0 saturated carbocycles. The number of hydrogen-bond acceptors (Lipinski definition) is 4. The van der Waals surface area contributed by atoms with Crippen molar-refractivity contribution in [2.75, 3.05) is 6.61 Å². The maximum atomic E-state index is 11.6. The van der Waals surface area contributed by atoms with Crippen LogP contribution >= 0.6 is 0 Å². The first-order chi connectivity index (χ1) is 8.54. The average molecular weight is 252 g/mol. The van der Waals surface area contributed by atoms with Gasteiger partial charge in [0.15, 0.2) is 0 Å². The van der Waals surface area contributed by atoms with Crippen LogP contribution < -0.4 is 11.1 Å². The summed E-state index contributed by atoms with van der Waals surface area (Å²) in [6.07, 6.45) is 0.310. The smallest absolute Gasteiger partial charge is 0.328 e. The zero-order chi connectivity index (χ0) is 13.5. The van der Waals surface area contributed by atoms with Gasteiger partial charge in [-0.05, 0) is 12.0 Å². The molecule has 1 aromatic carbocycles. The van der Waals surface area contributed by atoms with E-state index in [9.17, 15) is 9.59 Å². The number of benzene rings is 1. The minimum absolute atomic E-state index is 0.310. The van der Waals surface area contributed by atoms with Crippen LogP contribution in [0.25, 0.3) is 0 Å². The summed E-state index contributed by atoms with van der Waals surface area (Å²) in [7, 11) is 0. The van der Waals surface area contributed by atoms with Crippen molar-refractivity contribution in [1.82, 2.24) is 5.32 Å². The number of carboxylic acids is 1. The Kier molecular flexibility index (Phi) is 5.29. The number of carboxylic acid groups (broad SMARTS) is 1. The van der Waals surface area contributed by atoms with Gasteiger partial charge in [-0.3, -0.25) is 4.79 Å². The molecule has 6 heteroatoms. The fourth-order valence-electron chi connectivity index (χ4n) is 1.42. The van der Waals surface area contributed by atoms with Gasteiger partial charge in [0.25, 0.3) is 0 Å². The summed E-state index contributed by atoms with van der Waals surface area (Å²) in [5.41, 5.74) is 6.55. The zero-order valence-electron chi connectivity index (χ0n) is 9.74. The van der Waals surface area contributed by atoms with Crippen molar-refractivity contribution in [3.05, 3.63) is 35.9 Å². The van der Waals surface area contributed by atoms with Crippen LogP contribution in [0.4, 0.5) is 0 Å². The lowest BCUT2D eigenvalue weighted by molar-refractivity contribution is -0.143. The van der Waals surface area contributed by atoms with Crippen LogP contribution in [-0.2, 0) is 16.0 Å². The van der Waals surface area contributed by atoms with Crippen molar-refractivity contribution in [3.63, 3.8) is 0 Å². The van der Waals surface area contributed by atoms with Crippen molar-refractivity contribution in [2.45, 2.75) is 18.5 Å². The lowest BCUT2D eigenvalue weighted by atomic mass is 10.1. The molecule has 6 nitrogen and oxygen atoms in total. The average Bonchev–Trinajstić information content (AvgIpc) is 2.36. The predicted octanol–water partition coefficient (Wildman–Crippen LogP) is -0.882. The Morgan fingerprint density at radius 1 is 1.28 bits per heavy atom. The molecule has 0 spiro atoms. The predicted molar refractivity (Wildman–Crippen MR) is 64.8 cm³/mol. The molecule has 0 aromatic heterocycles. The number of nitrogens with two attached hydrogens (primary N) is 1. The van der Waals surface area contributed by atoms with E-state index in [0.717, 1.165) is 5.56 Å². The second kappa shape index (κ2) is 6.73. The lowest BCUT2D eigenvalue weighted by Gasteiger charge is -2.16. The molecule has 1 aromatic rings. The third-order valence-electron chi connectivity index (χ3n) is 2.43. The number of hydrogen-bond donors (Lipinski definition) is 4. The first-order valence-electron chi connectivity index (χ1n) is 5.48. The number of aliphatic carboxylic acids is 1. The summed E-state index contributed by atoms with van der Waals surface area (Å²) in [6.45, 7) is -0.668. The minimum atomic E-state index is -1.32. The summed E-state index contributed by atoms with van der Waals surface area (Å²) in [4.78, 5) is 22.2. The fourth-order valence-corrected chi connectivity index (χ4v) is 1.42. The molecule has 0 fully saturated rings. The van der Waals surface area contributed by atoms with E-state index in [1.807, 2.05) is 30.3 Å². The summed E-state index contributed by atoms with van der Waals surface area (Å²) in [5.74, 6) is -1.89. The van der Waals surface area contributed by atoms with Gasteiger partial charge in [0.1, 0.15) is 6.04 Å². The largest absolute Gasteiger partial charge is 0.480 e. The van der Waals surface area contributed by atoms with Crippen LogP contribution in [0.3, 0.4) is 0 Å². The van der Waals surface area contributed by atoms with Crippen LogP contribution in [-0.4, -0.2) is 40.8 Å². The number of amides is 1. The molecule has 18 heavy (non-hydrogen) atoms. The molecule has 1 amide bonds. The Balaban J connectivity index is 2.54. The minimum Gasteiger partial charge on any atom is -0.480 e. The van der Waals surface area contributed by atoms with E-state index >= 15 is 0 Å². The van der Waals surface area contributed by atoms with Crippen LogP contribution in [0.2, 0.25) is 0 Å². The van der Waals surface area contributed by atoms with Gasteiger partial charge in [0.05, 0.1) is 12.6 Å². The summed E-state index contributed by atoms with van der Waals surface area (Å²) < 4.78 is 0. The van der Waals surface area contributed by atoms with Crippen LogP contribution in [0.1, 0.15) is 5.56 Å². The molecule has 1 rings (SSSR count). The van der Waals surface area contributed by atoms with Gasteiger partial charge in [-0.2, -0.15) is 0 Å². The molecular weight excluding hydrogens is 236 g/mol. The molecule has 0 aliphatic rings. The molecule has 0 saturated heterocycles. The second-order valence-corrected chi connectivity index (χ2v) is 3.88. The maximum Gasteiger partial charge on any atom is 0.328 e. The Bertz CT molecular complexity index is 408. The summed E-state index contributed by atoms with van der Waals surface area (Å²) in [6, 6.07) is 6.99. The third-order valence-corrected chi connectivity index (χ3v) is 2.43. The van der Waals surface area contributed by atoms with Gasteiger partial charge in [-0.25, -0.2) is 4.79 Å². The Morgan fingerprint density at radius 2 is 1.89 bits per heavy atom. The first kappa shape index (κ1) is 14.1.